The van der Waals surface area contributed by atoms with Crippen molar-refractivity contribution in [1.29, 1.82) is 0 Å². The van der Waals surface area contributed by atoms with Gasteiger partial charge in [-0.05, 0) is 24.0 Å². The number of hydrogen-bond donors (Lipinski definition) is 1. The minimum atomic E-state index is -0.157. The first-order valence-electron chi connectivity index (χ1n) is 6.26. The molecule has 0 radical (unpaired) electrons. The zero-order valence-corrected chi connectivity index (χ0v) is 10.0. The first-order valence-corrected chi connectivity index (χ1v) is 6.26. The van der Waals surface area contributed by atoms with Gasteiger partial charge in [-0.1, -0.05) is 37.6 Å². The second-order valence-electron chi connectivity index (χ2n) is 4.70. The van der Waals surface area contributed by atoms with Crippen LogP contribution < -0.4 is 0 Å². The Morgan fingerprint density at radius 3 is 2.81 bits per heavy atom. The number of rotatable bonds is 4. The molecule has 1 N–H and O–H groups in total. The molecule has 2 heteroatoms. The van der Waals surface area contributed by atoms with Crippen LogP contribution in [0.1, 0.15) is 30.9 Å². The smallest absolute Gasteiger partial charge is 0.0667 e. The van der Waals surface area contributed by atoms with E-state index in [0.29, 0.717) is 0 Å². The lowest BCUT2D eigenvalue weighted by atomic mass is 9.99. The normalized spacial score (nSPS) is 18.1. The predicted octanol–water partition coefficient (Wildman–Crippen LogP) is 2.21. The van der Waals surface area contributed by atoms with Gasteiger partial charge in [-0.3, -0.25) is 4.90 Å². The standard InChI is InChI=1S/C14H21NO/c1-2-5-14(16)11-15-9-8-12-6-3-4-7-13(12)10-15/h3-4,6-7,14,16H,2,5,8-11H2,1H3. The molecule has 1 atom stereocenters. The third-order valence-electron chi connectivity index (χ3n) is 3.30. The van der Waals surface area contributed by atoms with Gasteiger partial charge in [-0.15, -0.1) is 0 Å². The molecular weight excluding hydrogens is 198 g/mol. The summed E-state index contributed by atoms with van der Waals surface area (Å²) in [5, 5.41) is 9.81. The van der Waals surface area contributed by atoms with Crippen molar-refractivity contribution in [2.24, 2.45) is 0 Å². The average Bonchev–Trinajstić information content (AvgIpc) is 2.29. The minimum Gasteiger partial charge on any atom is -0.392 e. The molecule has 2 nitrogen and oxygen atoms in total. The molecule has 0 bridgehead atoms. The zero-order chi connectivity index (χ0) is 11.4. The fourth-order valence-corrected chi connectivity index (χ4v) is 2.43. The maximum atomic E-state index is 9.81. The van der Waals surface area contributed by atoms with Crippen LogP contribution in [0.4, 0.5) is 0 Å². The lowest BCUT2D eigenvalue weighted by molar-refractivity contribution is 0.0981. The predicted molar refractivity (Wildman–Crippen MR) is 66.3 cm³/mol. The highest BCUT2D eigenvalue weighted by Crippen LogP contribution is 2.18. The van der Waals surface area contributed by atoms with E-state index in [1.165, 1.54) is 11.1 Å². The molecule has 88 valence electrons. The van der Waals surface area contributed by atoms with Crippen LogP contribution in [-0.4, -0.2) is 29.2 Å². The molecule has 0 aromatic heterocycles. The maximum absolute atomic E-state index is 9.81. The summed E-state index contributed by atoms with van der Waals surface area (Å²) in [6.07, 6.45) is 2.94. The van der Waals surface area contributed by atoms with Crippen LogP contribution in [-0.2, 0) is 13.0 Å². The SMILES string of the molecule is CCCC(O)CN1CCc2ccccc2C1. The van der Waals surface area contributed by atoms with Crippen LogP contribution in [0, 0.1) is 0 Å². The van der Waals surface area contributed by atoms with E-state index in [2.05, 4.69) is 36.1 Å². The third kappa shape index (κ3) is 2.83. The highest BCUT2D eigenvalue weighted by atomic mass is 16.3. The molecule has 0 saturated carbocycles. The summed E-state index contributed by atoms with van der Waals surface area (Å²) in [7, 11) is 0. The van der Waals surface area contributed by atoms with Crippen LogP contribution in [0.5, 0.6) is 0 Å². The number of aliphatic hydroxyl groups excluding tert-OH is 1. The fourth-order valence-electron chi connectivity index (χ4n) is 2.43. The Labute approximate surface area is 97.9 Å². The van der Waals surface area contributed by atoms with Gasteiger partial charge in [0.1, 0.15) is 0 Å². The molecule has 16 heavy (non-hydrogen) atoms. The molecule has 1 unspecified atom stereocenters. The van der Waals surface area contributed by atoms with Gasteiger partial charge >= 0.3 is 0 Å². The van der Waals surface area contributed by atoms with Crippen molar-refractivity contribution in [3.8, 4) is 0 Å². The molecule has 1 heterocycles. The quantitative estimate of drug-likeness (QED) is 0.839. The van der Waals surface area contributed by atoms with Crippen molar-refractivity contribution in [2.45, 2.75) is 38.8 Å². The van der Waals surface area contributed by atoms with E-state index in [1.807, 2.05) is 0 Å². The van der Waals surface area contributed by atoms with Gasteiger partial charge < -0.3 is 5.11 Å². The molecule has 0 fully saturated rings. The van der Waals surface area contributed by atoms with Crippen LogP contribution in [0.3, 0.4) is 0 Å². The molecular formula is C14H21NO. The molecule has 1 aliphatic rings. The minimum absolute atomic E-state index is 0.157. The largest absolute Gasteiger partial charge is 0.392 e. The fraction of sp³-hybridized carbons (Fsp3) is 0.571. The van der Waals surface area contributed by atoms with Crippen molar-refractivity contribution in [1.82, 2.24) is 4.90 Å². The molecule has 0 aliphatic carbocycles. The monoisotopic (exact) mass is 219 g/mol. The molecule has 1 aromatic rings. The molecule has 0 spiro atoms. The topological polar surface area (TPSA) is 23.5 Å². The number of fused-ring (bicyclic) bond motifs is 1. The van der Waals surface area contributed by atoms with E-state index in [-0.39, 0.29) is 6.10 Å². The van der Waals surface area contributed by atoms with E-state index in [4.69, 9.17) is 0 Å². The summed E-state index contributed by atoms with van der Waals surface area (Å²) in [6.45, 7) is 5.02. The average molecular weight is 219 g/mol. The first kappa shape index (κ1) is 11.6. The highest BCUT2D eigenvalue weighted by Gasteiger charge is 2.17. The second kappa shape index (κ2) is 5.46. The Bertz CT molecular complexity index is 337. The van der Waals surface area contributed by atoms with Crippen LogP contribution in [0.15, 0.2) is 24.3 Å². The number of benzene rings is 1. The van der Waals surface area contributed by atoms with E-state index < -0.39 is 0 Å². The van der Waals surface area contributed by atoms with E-state index in [1.54, 1.807) is 0 Å². The van der Waals surface area contributed by atoms with E-state index in [0.717, 1.165) is 38.9 Å². The summed E-state index contributed by atoms with van der Waals surface area (Å²) in [5.41, 5.74) is 2.90. The van der Waals surface area contributed by atoms with Crippen LogP contribution >= 0.6 is 0 Å². The Morgan fingerprint density at radius 1 is 1.31 bits per heavy atom. The van der Waals surface area contributed by atoms with Gasteiger partial charge in [-0.25, -0.2) is 0 Å². The lowest BCUT2D eigenvalue weighted by Gasteiger charge is -2.30. The van der Waals surface area contributed by atoms with Gasteiger partial charge in [0, 0.05) is 19.6 Å². The lowest BCUT2D eigenvalue weighted by Crippen LogP contribution is -2.36. The van der Waals surface area contributed by atoms with Gasteiger partial charge in [0.15, 0.2) is 0 Å². The summed E-state index contributed by atoms with van der Waals surface area (Å²) < 4.78 is 0. The van der Waals surface area contributed by atoms with E-state index >= 15 is 0 Å². The first-order chi connectivity index (χ1) is 7.79. The summed E-state index contributed by atoms with van der Waals surface area (Å²) >= 11 is 0. The molecule has 0 amide bonds. The molecule has 1 aliphatic heterocycles. The van der Waals surface area contributed by atoms with Crippen molar-refractivity contribution >= 4 is 0 Å². The number of hydrogen-bond acceptors (Lipinski definition) is 2. The summed E-state index contributed by atoms with van der Waals surface area (Å²) in [6, 6.07) is 8.63. The Morgan fingerprint density at radius 2 is 2.06 bits per heavy atom. The Kier molecular flexibility index (Phi) is 3.97. The summed E-state index contributed by atoms with van der Waals surface area (Å²) in [5.74, 6) is 0. The maximum Gasteiger partial charge on any atom is 0.0667 e. The van der Waals surface area contributed by atoms with Crippen molar-refractivity contribution in [3.63, 3.8) is 0 Å². The second-order valence-corrected chi connectivity index (χ2v) is 4.70. The zero-order valence-electron chi connectivity index (χ0n) is 10.0. The van der Waals surface area contributed by atoms with E-state index in [9.17, 15) is 5.11 Å². The molecule has 2 rings (SSSR count). The molecule has 1 aromatic carbocycles. The summed E-state index contributed by atoms with van der Waals surface area (Å²) in [4.78, 5) is 2.36. The van der Waals surface area contributed by atoms with Crippen LogP contribution in [0.25, 0.3) is 0 Å². The van der Waals surface area contributed by atoms with Gasteiger partial charge in [0.25, 0.3) is 0 Å². The molecule has 0 saturated heterocycles. The number of aliphatic hydroxyl groups is 1. The van der Waals surface area contributed by atoms with Crippen LogP contribution in [0.2, 0.25) is 0 Å². The number of β-amino-alcohol motifs (C(OH)–C–C–N with tert-alkyl or cyclic N) is 1. The third-order valence-corrected chi connectivity index (χ3v) is 3.30. The van der Waals surface area contributed by atoms with Crippen molar-refractivity contribution in [2.75, 3.05) is 13.1 Å². The van der Waals surface area contributed by atoms with Crippen molar-refractivity contribution in [3.05, 3.63) is 35.4 Å². The van der Waals surface area contributed by atoms with Gasteiger partial charge in [-0.2, -0.15) is 0 Å². The number of nitrogens with zero attached hydrogens (tertiary/aromatic N) is 1. The highest BCUT2D eigenvalue weighted by molar-refractivity contribution is 5.29. The van der Waals surface area contributed by atoms with Crippen molar-refractivity contribution < 1.29 is 5.11 Å². The van der Waals surface area contributed by atoms with Gasteiger partial charge in [0.05, 0.1) is 6.10 Å². The van der Waals surface area contributed by atoms with Gasteiger partial charge in [0.2, 0.25) is 0 Å². The Hall–Kier alpha value is -0.860. The Balaban J connectivity index is 1.92.